The van der Waals surface area contributed by atoms with Gasteiger partial charge in [-0.05, 0) is 124 Å². The molecule has 0 heterocycles. The van der Waals surface area contributed by atoms with Gasteiger partial charge in [-0.25, -0.2) is 0 Å². The molecule has 1 N–H and O–H groups in total. The molecule has 4 fully saturated rings. The highest BCUT2D eigenvalue weighted by Crippen LogP contribution is 2.69. The zero-order valence-electron chi connectivity index (χ0n) is 19.9. The molecular weight excluding hydrogens is 352 g/mol. The van der Waals surface area contributed by atoms with Crippen molar-refractivity contribution in [2.45, 2.75) is 117 Å². The van der Waals surface area contributed by atoms with Crippen molar-refractivity contribution in [1.82, 2.24) is 0 Å². The maximum Gasteiger partial charge on any atom is 0.0543 e. The van der Waals surface area contributed by atoms with E-state index in [9.17, 15) is 5.11 Å². The molecule has 9 atom stereocenters. The molecule has 0 amide bonds. The fourth-order valence-electron chi connectivity index (χ4n) is 9.41. The third-order valence-corrected chi connectivity index (χ3v) is 10.8. The fraction of sp³-hybridized carbons (Fsp3) is 0.929. The second kappa shape index (κ2) is 8.33. The summed E-state index contributed by atoms with van der Waals surface area (Å²) in [5.41, 5.74) is 2.47. The third kappa shape index (κ3) is 3.77. The Hall–Kier alpha value is -0.300. The van der Waals surface area contributed by atoms with E-state index in [4.69, 9.17) is 0 Å². The van der Waals surface area contributed by atoms with Crippen molar-refractivity contribution in [3.8, 4) is 0 Å². The van der Waals surface area contributed by atoms with Crippen LogP contribution >= 0.6 is 0 Å². The zero-order valence-corrected chi connectivity index (χ0v) is 19.9. The van der Waals surface area contributed by atoms with Gasteiger partial charge >= 0.3 is 0 Å². The smallest absolute Gasteiger partial charge is 0.0543 e. The number of aliphatic hydroxyl groups is 1. The van der Waals surface area contributed by atoms with Crippen molar-refractivity contribution in [3.05, 3.63) is 12.2 Å². The first kappa shape index (κ1) is 21.9. The first-order valence-electron chi connectivity index (χ1n) is 13.1. The quantitative estimate of drug-likeness (QED) is 0.451. The van der Waals surface area contributed by atoms with Crippen LogP contribution in [0, 0.1) is 46.3 Å². The minimum Gasteiger partial charge on any atom is -0.393 e. The van der Waals surface area contributed by atoms with Gasteiger partial charge in [0.2, 0.25) is 0 Å². The van der Waals surface area contributed by atoms with Gasteiger partial charge in [0.1, 0.15) is 0 Å². The van der Waals surface area contributed by atoms with Crippen LogP contribution in [0.3, 0.4) is 0 Å². The normalized spacial score (nSPS) is 49.2. The van der Waals surface area contributed by atoms with E-state index in [0.29, 0.717) is 10.8 Å². The van der Waals surface area contributed by atoms with Crippen LogP contribution < -0.4 is 0 Å². The highest BCUT2D eigenvalue weighted by molar-refractivity contribution is 5.10. The molecule has 4 aliphatic rings. The summed E-state index contributed by atoms with van der Waals surface area (Å²) < 4.78 is 0. The van der Waals surface area contributed by atoms with Gasteiger partial charge in [0.15, 0.2) is 0 Å². The molecule has 166 valence electrons. The largest absolute Gasteiger partial charge is 0.393 e. The fourth-order valence-corrected chi connectivity index (χ4v) is 9.41. The van der Waals surface area contributed by atoms with Gasteiger partial charge < -0.3 is 5.11 Å². The standard InChI is InChI=1S/C28H48O/c1-6-8-20-17-23-24-12-11-21(10-7-9-19(2)3)27(24,4)16-14-25(23)28(5)15-13-22(29)18-26(20)28/h20-26,29H,2,6-18H2,1,3-5H3/t20-,21?,22+,23?,24?,25?,26?,27?,28?/m0/s1. The molecule has 0 saturated heterocycles. The molecule has 0 spiro atoms. The molecule has 0 bridgehead atoms. The van der Waals surface area contributed by atoms with E-state index in [1.54, 1.807) is 0 Å². The van der Waals surface area contributed by atoms with Gasteiger partial charge in [-0.3, -0.25) is 0 Å². The molecule has 0 aromatic heterocycles. The Balaban J connectivity index is 1.55. The van der Waals surface area contributed by atoms with E-state index < -0.39 is 0 Å². The second-order valence-corrected chi connectivity index (χ2v) is 12.4. The molecule has 1 heteroatoms. The Morgan fingerprint density at radius 1 is 0.931 bits per heavy atom. The summed E-state index contributed by atoms with van der Waals surface area (Å²) in [4.78, 5) is 0. The van der Waals surface area contributed by atoms with E-state index in [0.717, 1.165) is 48.3 Å². The molecule has 0 radical (unpaired) electrons. The molecule has 4 rings (SSSR count). The lowest BCUT2D eigenvalue weighted by molar-refractivity contribution is -0.151. The molecule has 0 aromatic rings. The van der Waals surface area contributed by atoms with Crippen molar-refractivity contribution in [1.29, 1.82) is 0 Å². The minimum atomic E-state index is -0.0259. The van der Waals surface area contributed by atoms with Crippen LogP contribution in [0.25, 0.3) is 0 Å². The van der Waals surface area contributed by atoms with Gasteiger partial charge in [-0.1, -0.05) is 39.2 Å². The predicted molar refractivity (Wildman–Crippen MR) is 124 cm³/mol. The van der Waals surface area contributed by atoms with Crippen LogP contribution in [0.2, 0.25) is 0 Å². The summed E-state index contributed by atoms with van der Waals surface area (Å²) in [6.07, 6.45) is 17.5. The summed E-state index contributed by atoms with van der Waals surface area (Å²) >= 11 is 0. The Morgan fingerprint density at radius 2 is 1.66 bits per heavy atom. The van der Waals surface area contributed by atoms with E-state index in [1.165, 1.54) is 76.2 Å². The van der Waals surface area contributed by atoms with Crippen LogP contribution in [0.5, 0.6) is 0 Å². The lowest BCUT2D eigenvalue weighted by atomic mass is 9.42. The first-order valence-corrected chi connectivity index (χ1v) is 13.1. The highest BCUT2D eigenvalue weighted by atomic mass is 16.3. The van der Waals surface area contributed by atoms with Crippen molar-refractivity contribution in [3.63, 3.8) is 0 Å². The lowest BCUT2D eigenvalue weighted by Crippen LogP contribution is -2.56. The van der Waals surface area contributed by atoms with E-state index >= 15 is 0 Å². The number of allylic oxidation sites excluding steroid dienone is 1. The Morgan fingerprint density at radius 3 is 2.38 bits per heavy atom. The molecule has 29 heavy (non-hydrogen) atoms. The summed E-state index contributed by atoms with van der Waals surface area (Å²) in [5, 5.41) is 10.5. The first-order chi connectivity index (χ1) is 13.8. The Labute approximate surface area is 181 Å². The maximum atomic E-state index is 10.5. The average molecular weight is 401 g/mol. The van der Waals surface area contributed by atoms with Crippen LogP contribution in [0.4, 0.5) is 0 Å². The molecular formula is C28H48O. The number of rotatable bonds is 6. The average Bonchev–Trinajstić information content (AvgIpc) is 3.00. The van der Waals surface area contributed by atoms with Gasteiger partial charge in [-0.2, -0.15) is 0 Å². The second-order valence-electron chi connectivity index (χ2n) is 12.4. The van der Waals surface area contributed by atoms with Gasteiger partial charge in [0.05, 0.1) is 6.10 Å². The van der Waals surface area contributed by atoms with Crippen LogP contribution in [0.15, 0.2) is 12.2 Å². The summed E-state index contributed by atoms with van der Waals surface area (Å²) in [5.74, 6) is 5.47. The summed E-state index contributed by atoms with van der Waals surface area (Å²) in [6.45, 7) is 14.1. The van der Waals surface area contributed by atoms with Gasteiger partial charge in [0, 0.05) is 0 Å². The SMILES string of the molecule is C=C(C)CCCC1CCC2C3C[C@H](CCC)C4C[C@H](O)CCC4(C)C3CCC12C. The molecule has 4 aliphatic carbocycles. The molecule has 4 saturated carbocycles. The van der Waals surface area contributed by atoms with E-state index in [-0.39, 0.29) is 6.10 Å². The summed E-state index contributed by atoms with van der Waals surface area (Å²) in [7, 11) is 0. The van der Waals surface area contributed by atoms with Crippen LogP contribution in [-0.4, -0.2) is 11.2 Å². The Kier molecular flexibility index (Phi) is 6.29. The minimum absolute atomic E-state index is 0.0259. The van der Waals surface area contributed by atoms with E-state index in [2.05, 4.69) is 34.3 Å². The van der Waals surface area contributed by atoms with Crippen LogP contribution in [0.1, 0.15) is 111 Å². The molecule has 7 unspecified atom stereocenters. The third-order valence-electron chi connectivity index (χ3n) is 10.8. The predicted octanol–water partition coefficient (Wildman–Crippen LogP) is 7.78. The summed E-state index contributed by atoms with van der Waals surface area (Å²) in [6, 6.07) is 0. The number of hydrogen-bond donors (Lipinski definition) is 1. The topological polar surface area (TPSA) is 20.2 Å². The van der Waals surface area contributed by atoms with Gasteiger partial charge in [-0.15, -0.1) is 6.58 Å². The van der Waals surface area contributed by atoms with Crippen molar-refractivity contribution >= 4 is 0 Å². The molecule has 1 nitrogen and oxygen atoms in total. The van der Waals surface area contributed by atoms with Crippen molar-refractivity contribution in [2.24, 2.45) is 46.3 Å². The molecule has 0 aliphatic heterocycles. The number of hydrogen-bond acceptors (Lipinski definition) is 1. The number of aliphatic hydroxyl groups excluding tert-OH is 1. The highest BCUT2D eigenvalue weighted by Gasteiger charge is 2.61. The van der Waals surface area contributed by atoms with Crippen molar-refractivity contribution < 1.29 is 5.11 Å². The van der Waals surface area contributed by atoms with Crippen molar-refractivity contribution in [2.75, 3.05) is 0 Å². The number of fused-ring (bicyclic) bond motifs is 5. The monoisotopic (exact) mass is 400 g/mol. The molecule has 0 aromatic carbocycles. The maximum absolute atomic E-state index is 10.5. The van der Waals surface area contributed by atoms with E-state index in [1.807, 2.05) is 0 Å². The van der Waals surface area contributed by atoms with Crippen LogP contribution in [-0.2, 0) is 0 Å². The lowest BCUT2D eigenvalue weighted by Gasteiger charge is -2.63. The van der Waals surface area contributed by atoms with Gasteiger partial charge in [0.25, 0.3) is 0 Å². The zero-order chi connectivity index (χ0) is 20.8. The Bertz CT molecular complexity index is 595.